The van der Waals surface area contributed by atoms with Crippen LogP contribution in [0.2, 0.25) is 0 Å². The number of para-hydroxylation sites is 2. The van der Waals surface area contributed by atoms with Gasteiger partial charge in [0.05, 0.1) is 4.90 Å². The van der Waals surface area contributed by atoms with Crippen molar-refractivity contribution in [1.82, 2.24) is 0 Å². The van der Waals surface area contributed by atoms with Crippen molar-refractivity contribution in [2.45, 2.75) is 165 Å². The second kappa shape index (κ2) is 30.3. The molecule has 0 radical (unpaired) electrons. The normalized spacial score (nSPS) is 11.3. The molecule has 0 saturated heterocycles. The van der Waals surface area contributed by atoms with Crippen LogP contribution in [0, 0.1) is 0 Å². The summed E-state index contributed by atoms with van der Waals surface area (Å²) in [5, 5.41) is 22.4. The first-order valence-corrected chi connectivity index (χ1v) is 24.8. The molecule has 0 aliphatic rings. The fraction of sp³-hybridized carbons (Fsp3) is 0.500. The quantitative estimate of drug-likeness (QED) is 0.0317. The molecule has 0 amide bonds. The van der Waals surface area contributed by atoms with Crippen LogP contribution in [0.5, 0.6) is 34.5 Å². The summed E-state index contributed by atoms with van der Waals surface area (Å²) >= 11 is 0. The molecule has 0 aromatic heterocycles. The molecular formula is C48H66CaO10S2. The van der Waals surface area contributed by atoms with Crippen LogP contribution in [0.1, 0.15) is 153 Å². The standard InChI is InChI=1S/2C24H34O5S.Ca/c2*1-2-3-4-5-6-7-8-9-10-12-15-20-18-23(29-21-16-13-11-14-17-21)22(25)19-24(20)30(26,27)28;/h2*11,13-14,16-19,25H,2-10,12,15H2,1H3,(H,26,27,28);/q;;+2/p-2. The molecule has 61 heavy (non-hydrogen) atoms. The van der Waals surface area contributed by atoms with E-state index in [4.69, 9.17) is 9.47 Å². The average Bonchev–Trinajstić information content (AvgIpc) is 3.21. The van der Waals surface area contributed by atoms with E-state index in [1.165, 1.54) is 102 Å². The molecule has 0 fully saturated rings. The predicted molar refractivity (Wildman–Crippen MR) is 242 cm³/mol. The summed E-state index contributed by atoms with van der Waals surface area (Å²) in [5.41, 5.74) is 0.816. The van der Waals surface area contributed by atoms with E-state index in [1.807, 2.05) is 24.3 Å². The van der Waals surface area contributed by atoms with Crippen LogP contribution in [-0.2, 0) is 33.1 Å². The molecule has 0 aliphatic carbocycles. The van der Waals surface area contributed by atoms with Gasteiger partial charge in [-0.2, -0.15) is 8.42 Å². The van der Waals surface area contributed by atoms with Gasteiger partial charge in [0.2, 0.25) is 0 Å². The minimum Gasteiger partial charge on any atom is -0.870 e. The van der Waals surface area contributed by atoms with Crippen molar-refractivity contribution < 1.29 is 45.6 Å². The van der Waals surface area contributed by atoms with Gasteiger partial charge >= 0.3 is 37.7 Å². The molecule has 0 saturated carbocycles. The molecule has 13 heteroatoms. The fourth-order valence-corrected chi connectivity index (χ4v) is 8.52. The van der Waals surface area contributed by atoms with Crippen LogP contribution in [0.15, 0.2) is 94.7 Å². The zero-order valence-electron chi connectivity index (χ0n) is 36.3. The SMILES string of the molecule is CCCCCCCCCCCCc1cc(Oc2ccccc2)c(O)cc1S(=O)(=O)O.CCCCCCCCCCCCc1cc(Oc2ccccc2)c([O-])cc1S(=O)(=O)[O-].[Ca+2]. The minimum absolute atomic E-state index is 0. The number of aromatic hydroxyl groups is 1. The minimum atomic E-state index is -4.71. The summed E-state index contributed by atoms with van der Waals surface area (Å²) in [5.74, 6) is 0.305. The number of aryl methyl sites for hydroxylation is 2. The Balaban J connectivity index is 0.000000413. The maximum absolute atomic E-state index is 12.3. The third-order valence-corrected chi connectivity index (χ3v) is 12.2. The van der Waals surface area contributed by atoms with Gasteiger partial charge in [-0.05, 0) is 79.3 Å². The van der Waals surface area contributed by atoms with E-state index in [0.29, 0.717) is 35.5 Å². The molecule has 0 spiro atoms. The zero-order chi connectivity index (χ0) is 43.6. The van der Waals surface area contributed by atoms with Gasteiger partial charge in [0.1, 0.15) is 32.3 Å². The van der Waals surface area contributed by atoms with E-state index in [-0.39, 0.29) is 59.9 Å². The van der Waals surface area contributed by atoms with Crippen LogP contribution in [-0.4, -0.2) is 68.8 Å². The van der Waals surface area contributed by atoms with Gasteiger partial charge in [0, 0.05) is 6.07 Å². The van der Waals surface area contributed by atoms with E-state index < -0.39 is 30.9 Å². The topological polar surface area (TPSA) is 173 Å². The Kier molecular flexibility index (Phi) is 27.0. The van der Waals surface area contributed by atoms with Gasteiger partial charge in [0.15, 0.2) is 11.5 Å². The van der Waals surface area contributed by atoms with Gasteiger partial charge in [-0.15, -0.1) is 0 Å². The van der Waals surface area contributed by atoms with E-state index in [0.717, 1.165) is 50.7 Å². The first-order chi connectivity index (χ1) is 28.8. The van der Waals surface area contributed by atoms with E-state index in [1.54, 1.807) is 36.4 Å². The Morgan fingerprint density at radius 2 is 0.869 bits per heavy atom. The largest absolute Gasteiger partial charge is 2.00 e. The van der Waals surface area contributed by atoms with Crippen molar-refractivity contribution in [3.8, 4) is 34.5 Å². The number of ether oxygens (including phenoxy) is 2. The van der Waals surface area contributed by atoms with Crippen molar-refractivity contribution in [1.29, 1.82) is 0 Å². The second-order valence-corrected chi connectivity index (χ2v) is 18.2. The Morgan fingerprint density at radius 3 is 1.26 bits per heavy atom. The Hall–Kier alpha value is -2.84. The fourth-order valence-electron chi connectivity index (χ4n) is 7.04. The molecule has 10 nitrogen and oxygen atoms in total. The summed E-state index contributed by atoms with van der Waals surface area (Å²) in [6, 6.07) is 22.7. The van der Waals surface area contributed by atoms with Crippen molar-refractivity contribution in [3.63, 3.8) is 0 Å². The molecule has 4 rings (SSSR count). The van der Waals surface area contributed by atoms with Crippen LogP contribution in [0.4, 0.5) is 0 Å². The van der Waals surface area contributed by atoms with Gasteiger partial charge in [0.25, 0.3) is 10.1 Å². The smallest absolute Gasteiger partial charge is 0.870 e. The molecule has 2 N–H and O–H groups in total. The van der Waals surface area contributed by atoms with Gasteiger partial charge in [-0.3, -0.25) is 4.55 Å². The zero-order valence-corrected chi connectivity index (χ0v) is 40.2. The summed E-state index contributed by atoms with van der Waals surface area (Å²) in [6.45, 7) is 4.43. The monoisotopic (exact) mass is 906 g/mol. The predicted octanol–water partition coefficient (Wildman–Crippen LogP) is 12.4. The van der Waals surface area contributed by atoms with Crippen molar-refractivity contribution in [2.24, 2.45) is 0 Å². The summed E-state index contributed by atoms with van der Waals surface area (Å²) in [7, 11) is -9.14. The number of benzene rings is 4. The first-order valence-electron chi connectivity index (χ1n) is 21.9. The molecule has 4 aromatic carbocycles. The van der Waals surface area contributed by atoms with Crippen LogP contribution in [0.25, 0.3) is 0 Å². The number of unbranched alkanes of at least 4 members (excludes halogenated alkanes) is 18. The molecular weight excluding hydrogens is 841 g/mol. The maximum atomic E-state index is 12.3. The average molecular weight is 907 g/mol. The number of hydrogen-bond acceptors (Lipinski definition) is 9. The Labute approximate surface area is 396 Å². The number of hydrogen-bond donors (Lipinski definition) is 2. The molecule has 0 atom stereocenters. The van der Waals surface area contributed by atoms with Gasteiger partial charge < -0.3 is 24.2 Å². The maximum Gasteiger partial charge on any atom is 2.00 e. The summed E-state index contributed by atoms with van der Waals surface area (Å²) in [4.78, 5) is -0.680. The summed E-state index contributed by atoms with van der Waals surface area (Å²) in [6.07, 6.45) is 24.4. The summed E-state index contributed by atoms with van der Waals surface area (Å²) < 4.78 is 79.2. The first kappa shape index (κ1) is 54.3. The molecule has 0 aliphatic heterocycles. The number of phenols is 1. The van der Waals surface area contributed by atoms with Gasteiger partial charge in [-0.25, -0.2) is 8.42 Å². The van der Waals surface area contributed by atoms with Crippen molar-refractivity contribution in [3.05, 3.63) is 96.1 Å². The van der Waals surface area contributed by atoms with Crippen LogP contribution >= 0.6 is 0 Å². The molecule has 0 unspecified atom stereocenters. The van der Waals surface area contributed by atoms with Crippen molar-refractivity contribution >= 4 is 58.0 Å². The Bertz CT molecular complexity index is 1880. The third kappa shape index (κ3) is 21.9. The number of rotatable bonds is 28. The molecule has 0 bridgehead atoms. The van der Waals surface area contributed by atoms with Crippen LogP contribution in [0.3, 0.4) is 0 Å². The Morgan fingerprint density at radius 1 is 0.508 bits per heavy atom. The molecule has 4 aromatic rings. The second-order valence-electron chi connectivity index (χ2n) is 15.5. The molecule has 332 valence electrons. The third-order valence-electron chi connectivity index (χ3n) is 10.4. The van der Waals surface area contributed by atoms with E-state index in [2.05, 4.69) is 13.8 Å². The number of phenolic OH excluding ortho intramolecular Hbond substituents is 1. The van der Waals surface area contributed by atoms with Gasteiger partial charge in [-0.1, -0.05) is 172 Å². The van der Waals surface area contributed by atoms with E-state index >= 15 is 0 Å². The van der Waals surface area contributed by atoms with Crippen LogP contribution < -0.4 is 14.6 Å². The molecule has 0 heterocycles. The van der Waals surface area contributed by atoms with E-state index in [9.17, 15) is 36.2 Å². The van der Waals surface area contributed by atoms with Crippen molar-refractivity contribution in [2.75, 3.05) is 0 Å².